The topological polar surface area (TPSA) is 77.5 Å². The van der Waals surface area contributed by atoms with Gasteiger partial charge in [0, 0.05) is 24.1 Å². The van der Waals surface area contributed by atoms with Gasteiger partial charge in [-0.25, -0.2) is 0 Å². The summed E-state index contributed by atoms with van der Waals surface area (Å²) < 4.78 is 15.7. The van der Waals surface area contributed by atoms with E-state index >= 15 is 0 Å². The normalized spacial score (nSPS) is 11.5. The van der Waals surface area contributed by atoms with Crippen LogP contribution in [-0.2, 0) is 0 Å². The first-order valence-corrected chi connectivity index (χ1v) is 5.60. The van der Waals surface area contributed by atoms with Crippen molar-refractivity contribution in [3.63, 3.8) is 0 Å². The smallest absolute Gasteiger partial charge is 0.164 e. The first kappa shape index (κ1) is 14.1. The van der Waals surface area contributed by atoms with Crippen LogP contribution in [-0.4, -0.2) is 21.3 Å². The molecule has 5 nitrogen and oxygen atoms in total. The Morgan fingerprint density at radius 1 is 1.11 bits per heavy atom. The van der Waals surface area contributed by atoms with Crippen LogP contribution in [0.5, 0.6) is 17.2 Å². The lowest BCUT2D eigenvalue weighted by Gasteiger charge is -2.17. The van der Waals surface area contributed by atoms with Gasteiger partial charge in [0.2, 0.25) is 0 Å². The molecular formula is C13H18N2O3. The highest BCUT2D eigenvalue weighted by Crippen LogP contribution is 2.37. The summed E-state index contributed by atoms with van der Waals surface area (Å²) in [5.74, 6) is 1.82. The lowest BCUT2D eigenvalue weighted by molar-refractivity contribution is 0.346. The molecule has 0 aliphatic carbocycles. The molecule has 98 valence electrons. The van der Waals surface area contributed by atoms with E-state index in [2.05, 4.69) is 6.07 Å². The fourth-order valence-corrected chi connectivity index (χ4v) is 1.72. The summed E-state index contributed by atoms with van der Waals surface area (Å²) in [5.41, 5.74) is 6.86. The quantitative estimate of drug-likeness (QED) is 0.835. The summed E-state index contributed by atoms with van der Waals surface area (Å²) in [6.45, 7) is 0. The average Bonchev–Trinajstić information content (AvgIpc) is 2.42. The largest absolute Gasteiger partial charge is 0.496 e. The van der Waals surface area contributed by atoms with E-state index in [0.717, 1.165) is 5.56 Å². The van der Waals surface area contributed by atoms with Crippen LogP contribution >= 0.6 is 0 Å². The molecule has 2 N–H and O–H groups in total. The van der Waals surface area contributed by atoms with Crippen molar-refractivity contribution in [2.75, 3.05) is 21.3 Å². The van der Waals surface area contributed by atoms with Gasteiger partial charge in [-0.2, -0.15) is 5.26 Å². The number of nitrogens with two attached hydrogens (primary N) is 1. The molecule has 0 aliphatic rings. The van der Waals surface area contributed by atoms with Crippen LogP contribution in [0.4, 0.5) is 0 Å². The van der Waals surface area contributed by atoms with Crippen LogP contribution in [0.2, 0.25) is 0 Å². The van der Waals surface area contributed by atoms with E-state index in [-0.39, 0.29) is 6.04 Å². The van der Waals surface area contributed by atoms with E-state index in [1.807, 2.05) is 0 Å². The Balaban J connectivity index is 3.13. The first-order valence-electron chi connectivity index (χ1n) is 5.60. The lowest BCUT2D eigenvalue weighted by Crippen LogP contribution is -2.12. The highest BCUT2D eigenvalue weighted by Gasteiger charge is 2.16. The molecule has 0 heterocycles. The van der Waals surface area contributed by atoms with Crippen molar-refractivity contribution in [1.82, 2.24) is 0 Å². The molecule has 5 heteroatoms. The SMILES string of the molecule is COc1cc(OC)c(C(N)CCC#N)cc1OC. The van der Waals surface area contributed by atoms with Crippen molar-refractivity contribution in [3.05, 3.63) is 17.7 Å². The standard InChI is InChI=1S/C13H18N2O3/c1-16-11-8-13(18-3)12(17-2)7-9(11)10(15)5-4-6-14/h7-8,10H,4-5,15H2,1-3H3. The van der Waals surface area contributed by atoms with Gasteiger partial charge in [-0.15, -0.1) is 0 Å². The summed E-state index contributed by atoms with van der Waals surface area (Å²) in [6.07, 6.45) is 0.973. The van der Waals surface area contributed by atoms with Crippen molar-refractivity contribution in [3.8, 4) is 23.3 Å². The predicted octanol–water partition coefficient (Wildman–Crippen LogP) is 2.02. The fraction of sp³-hybridized carbons (Fsp3) is 0.462. The molecule has 0 saturated heterocycles. The van der Waals surface area contributed by atoms with Crippen LogP contribution in [0.1, 0.15) is 24.4 Å². The molecule has 0 fully saturated rings. The van der Waals surface area contributed by atoms with Gasteiger partial charge in [0.15, 0.2) is 11.5 Å². The van der Waals surface area contributed by atoms with E-state index < -0.39 is 0 Å². The second-order valence-electron chi connectivity index (χ2n) is 3.75. The lowest BCUT2D eigenvalue weighted by atomic mass is 10.0. The summed E-state index contributed by atoms with van der Waals surface area (Å²) >= 11 is 0. The Hall–Kier alpha value is -1.93. The van der Waals surface area contributed by atoms with E-state index in [0.29, 0.717) is 30.1 Å². The summed E-state index contributed by atoms with van der Waals surface area (Å²) in [6, 6.07) is 5.34. The molecule has 1 aromatic carbocycles. The van der Waals surface area contributed by atoms with Gasteiger partial charge >= 0.3 is 0 Å². The predicted molar refractivity (Wildman–Crippen MR) is 67.9 cm³/mol. The van der Waals surface area contributed by atoms with Crippen LogP contribution in [0, 0.1) is 11.3 Å². The van der Waals surface area contributed by atoms with Gasteiger partial charge in [-0.05, 0) is 12.5 Å². The third-order valence-electron chi connectivity index (χ3n) is 2.70. The second kappa shape index (κ2) is 6.72. The van der Waals surface area contributed by atoms with E-state index in [1.165, 1.54) is 0 Å². The zero-order valence-corrected chi connectivity index (χ0v) is 10.9. The number of nitrogens with zero attached hydrogens (tertiary/aromatic N) is 1. The van der Waals surface area contributed by atoms with Crippen molar-refractivity contribution in [1.29, 1.82) is 5.26 Å². The minimum absolute atomic E-state index is 0.264. The number of hydrogen-bond donors (Lipinski definition) is 1. The Kier molecular flexibility index (Phi) is 5.28. The molecule has 1 rings (SSSR count). The number of rotatable bonds is 6. The van der Waals surface area contributed by atoms with Gasteiger partial charge in [0.25, 0.3) is 0 Å². The Labute approximate surface area is 107 Å². The van der Waals surface area contributed by atoms with Gasteiger partial charge < -0.3 is 19.9 Å². The van der Waals surface area contributed by atoms with E-state index in [9.17, 15) is 0 Å². The minimum Gasteiger partial charge on any atom is -0.496 e. The summed E-state index contributed by atoms with van der Waals surface area (Å²) in [5, 5.41) is 8.59. The second-order valence-corrected chi connectivity index (χ2v) is 3.75. The van der Waals surface area contributed by atoms with Gasteiger partial charge in [-0.3, -0.25) is 0 Å². The maximum Gasteiger partial charge on any atom is 0.164 e. The molecule has 18 heavy (non-hydrogen) atoms. The van der Waals surface area contributed by atoms with Crippen LogP contribution in [0.15, 0.2) is 12.1 Å². The van der Waals surface area contributed by atoms with Gasteiger partial charge in [-0.1, -0.05) is 0 Å². The van der Waals surface area contributed by atoms with Crippen LogP contribution < -0.4 is 19.9 Å². The van der Waals surface area contributed by atoms with E-state index in [4.69, 9.17) is 25.2 Å². The first-order chi connectivity index (χ1) is 8.67. The molecule has 0 bridgehead atoms. The number of benzene rings is 1. The monoisotopic (exact) mass is 250 g/mol. The minimum atomic E-state index is -0.264. The van der Waals surface area contributed by atoms with Crippen molar-refractivity contribution in [2.45, 2.75) is 18.9 Å². The van der Waals surface area contributed by atoms with Crippen molar-refractivity contribution >= 4 is 0 Å². The van der Waals surface area contributed by atoms with E-state index in [1.54, 1.807) is 33.5 Å². The molecule has 0 aliphatic heterocycles. The zero-order valence-electron chi connectivity index (χ0n) is 10.9. The Morgan fingerprint density at radius 2 is 1.67 bits per heavy atom. The number of methoxy groups -OCH3 is 3. The summed E-state index contributed by atoms with van der Waals surface area (Å²) in [7, 11) is 4.70. The zero-order chi connectivity index (χ0) is 13.5. The maximum atomic E-state index is 8.59. The number of ether oxygens (including phenoxy) is 3. The maximum absolute atomic E-state index is 8.59. The Bertz CT molecular complexity index is 441. The molecule has 0 spiro atoms. The van der Waals surface area contributed by atoms with Gasteiger partial charge in [0.05, 0.1) is 27.4 Å². The Morgan fingerprint density at radius 3 is 2.17 bits per heavy atom. The highest BCUT2D eigenvalue weighted by molar-refractivity contribution is 5.51. The van der Waals surface area contributed by atoms with Crippen LogP contribution in [0.25, 0.3) is 0 Å². The highest BCUT2D eigenvalue weighted by atomic mass is 16.5. The molecule has 1 unspecified atom stereocenters. The molecule has 0 amide bonds. The molecule has 0 saturated carbocycles. The number of hydrogen-bond acceptors (Lipinski definition) is 5. The molecule has 0 aromatic heterocycles. The molecule has 1 atom stereocenters. The van der Waals surface area contributed by atoms with Crippen molar-refractivity contribution in [2.24, 2.45) is 5.73 Å². The third kappa shape index (κ3) is 3.05. The van der Waals surface area contributed by atoms with Crippen molar-refractivity contribution < 1.29 is 14.2 Å². The third-order valence-corrected chi connectivity index (χ3v) is 2.70. The fourth-order valence-electron chi connectivity index (χ4n) is 1.72. The number of nitriles is 1. The summed E-state index contributed by atoms with van der Waals surface area (Å²) in [4.78, 5) is 0. The van der Waals surface area contributed by atoms with Crippen LogP contribution in [0.3, 0.4) is 0 Å². The molecular weight excluding hydrogens is 232 g/mol. The van der Waals surface area contributed by atoms with Gasteiger partial charge in [0.1, 0.15) is 5.75 Å². The molecule has 1 aromatic rings. The average molecular weight is 250 g/mol. The molecule has 0 radical (unpaired) electrons.